The average Bonchev–Trinajstić information content (AvgIpc) is 2.59. The van der Waals surface area contributed by atoms with E-state index < -0.39 is 15.8 Å². The molecule has 0 unspecified atom stereocenters. The number of carbonyl (C=O) groups is 1. The first kappa shape index (κ1) is 19.9. The third-order valence-electron chi connectivity index (χ3n) is 3.57. The van der Waals surface area contributed by atoms with E-state index in [9.17, 15) is 17.6 Å². The van der Waals surface area contributed by atoms with Gasteiger partial charge in [-0.1, -0.05) is 6.07 Å². The Bertz CT molecular complexity index is 854. The van der Waals surface area contributed by atoms with E-state index in [0.29, 0.717) is 18.0 Å². The van der Waals surface area contributed by atoms with E-state index in [0.717, 1.165) is 0 Å². The molecule has 2 aromatic rings. The Kier molecular flexibility index (Phi) is 6.70. The molecule has 0 radical (unpaired) electrons. The third-order valence-corrected chi connectivity index (χ3v) is 5.05. The van der Waals surface area contributed by atoms with Crippen molar-refractivity contribution in [2.24, 2.45) is 0 Å². The molecule has 2 aromatic carbocycles. The molecule has 2 rings (SSSR count). The highest BCUT2D eigenvalue weighted by Crippen LogP contribution is 2.17. The molecule has 0 spiro atoms. The van der Waals surface area contributed by atoms with E-state index in [1.807, 2.05) is 6.92 Å². The van der Waals surface area contributed by atoms with Crippen molar-refractivity contribution in [1.29, 1.82) is 0 Å². The lowest BCUT2D eigenvalue weighted by atomic mass is 10.2. The molecule has 0 saturated carbocycles. The fraction of sp³-hybridized carbons (Fsp3) is 0.278. The van der Waals surface area contributed by atoms with Crippen LogP contribution in [0.1, 0.15) is 13.8 Å². The van der Waals surface area contributed by atoms with E-state index in [4.69, 9.17) is 4.74 Å². The van der Waals surface area contributed by atoms with Gasteiger partial charge in [0.25, 0.3) is 0 Å². The maximum atomic E-state index is 13.4. The van der Waals surface area contributed by atoms with Gasteiger partial charge in [0.1, 0.15) is 11.6 Å². The fourth-order valence-corrected chi connectivity index (χ4v) is 3.39. The van der Waals surface area contributed by atoms with Crippen LogP contribution in [0.25, 0.3) is 0 Å². The molecule has 6 nitrogen and oxygen atoms in total. The van der Waals surface area contributed by atoms with Crippen LogP contribution in [0.3, 0.4) is 0 Å². The second kappa shape index (κ2) is 8.77. The fourth-order valence-electron chi connectivity index (χ4n) is 2.37. The van der Waals surface area contributed by atoms with Gasteiger partial charge in [-0.25, -0.2) is 17.5 Å². The van der Waals surface area contributed by atoms with Crippen LogP contribution in [0.2, 0.25) is 0 Å². The molecule has 8 heteroatoms. The standard InChI is InChI=1S/C18H21FN2O4S/c1-3-25-17-7-9-18(10-8-17)26(23,24)20-11-12-21(14(2)22)16-6-4-5-15(19)13-16/h4-10,13,20H,3,11-12H2,1-2H3. The van der Waals surface area contributed by atoms with Crippen LogP contribution >= 0.6 is 0 Å². The van der Waals surface area contributed by atoms with Gasteiger partial charge < -0.3 is 9.64 Å². The van der Waals surface area contributed by atoms with Crippen molar-refractivity contribution in [1.82, 2.24) is 4.72 Å². The van der Waals surface area contributed by atoms with E-state index in [-0.39, 0.29) is 23.9 Å². The summed E-state index contributed by atoms with van der Waals surface area (Å²) in [6.45, 7) is 3.74. The Morgan fingerprint density at radius 1 is 1.19 bits per heavy atom. The predicted octanol–water partition coefficient (Wildman–Crippen LogP) is 2.56. The van der Waals surface area contributed by atoms with Crippen LogP contribution in [-0.4, -0.2) is 34.0 Å². The summed E-state index contributed by atoms with van der Waals surface area (Å²) in [7, 11) is -3.72. The van der Waals surface area contributed by atoms with Gasteiger partial charge in [-0.15, -0.1) is 0 Å². The Balaban J connectivity index is 2.02. The van der Waals surface area contributed by atoms with Crippen LogP contribution in [0.15, 0.2) is 53.4 Å². The van der Waals surface area contributed by atoms with Crippen molar-refractivity contribution in [2.45, 2.75) is 18.7 Å². The number of amides is 1. The maximum absolute atomic E-state index is 13.4. The molecule has 0 aliphatic heterocycles. The largest absolute Gasteiger partial charge is 0.494 e. The molecule has 1 amide bonds. The van der Waals surface area contributed by atoms with Gasteiger partial charge in [0.15, 0.2) is 0 Å². The van der Waals surface area contributed by atoms with Crippen molar-refractivity contribution in [3.8, 4) is 5.75 Å². The van der Waals surface area contributed by atoms with Crippen LogP contribution in [-0.2, 0) is 14.8 Å². The molecule has 1 N–H and O–H groups in total. The number of halogens is 1. The van der Waals surface area contributed by atoms with Crippen LogP contribution < -0.4 is 14.4 Å². The van der Waals surface area contributed by atoms with Crippen molar-refractivity contribution < 1.29 is 22.3 Å². The van der Waals surface area contributed by atoms with Crippen LogP contribution in [0.5, 0.6) is 5.75 Å². The van der Waals surface area contributed by atoms with E-state index in [1.165, 1.54) is 42.2 Å². The first-order chi connectivity index (χ1) is 12.3. The highest BCUT2D eigenvalue weighted by molar-refractivity contribution is 7.89. The summed E-state index contributed by atoms with van der Waals surface area (Å²) in [6, 6.07) is 11.6. The highest BCUT2D eigenvalue weighted by atomic mass is 32.2. The second-order valence-electron chi connectivity index (χ2n) is 5.45. The minimum absolute atomic E-state index is 0.00830. The molecule has 26 heavy (non-hydrogen) atoms. The maximum Gasteiger partial charge on any atom is 0.240 e. The minimum atomic E-state index is -3.72. The number of hydrogen-bond donors (Lipinski definition) is 1. The number of sulfonamides is 1. The molecule has 0 bridgehead atoms. The first-order valence-corrected chi connectivity index (χ1v) is 9.58. The van der Waals surface area contributed by atoms with Gasteiger partial charge in [0.05, 0.1) is 11.5 Å². The molecular weight excluding hydrogens is 359 g/mol. The summed E-state index contributed by atoms with van der Waals surface area (Å²) in [4.78, 5) is 13.2. The average molecular weight is 380 g/mol. The summed E-state index contributed by atoms with van der Waals surface area (Å²) in [5, 5.41) is 0. The number of nitrogens with one attached hydrogen (secondary N) is 1. The second-order valence-corrected chi connectivity index (χ2v) is 7.22. The quantitative estimate of drug-likeness (QED) is 0.764. The van der Waals surface area contributed by atoms with Crippen LogP contribution in [0, 0.1) is 5.82 Å². The van der Waals surface area contributed by atoms with E-state index >= 15 is 0 Å². The molecule has 0 aliphatic rings. The topological polar surface area (TPSA) is 75.7 Å². The van der Waals surface area contributed by atoms with Crippen molar-refractivity contribution >= 4 is 21.6 Å². The number of carbonyl (C=O) groups excluding carboxylic acids is 1. The molecule has 0 heterocycles. The number of ether oxygens (including phenoxy) is 1. The Morgan fingerprint density at radius 3 is 2.46 bits per heavy atom. The minimum Gasteiger partial charge on any atom is -0.494 e. The summed E-state index contributed by atoms with van der Waals surface area (Å²) >= 11 is 0. The monoisotopic (exact) mass is 380 g/mol. The number of nitrogens with zero attached hydrogens (tertiary/aromatic N) is 1. The molecular formula is C18H21FN2O4S. The lowest BCUT2D eigenvalue weighted by Gasteiger charge is -2.21. The Hall–Kier alpha value is -2.45. The Labute approximate surface area is 152 Å². The highest BCUT2D eigenvalue weighted by Gasteiger charge is 2.16. The van der Waals surface area contributed by atoms with Gasteiger partial charge >= 0.3 is 0 Å². The molecule has 140 valence electrons. The van der Waals surface area contributed by atoms with Gasteiger partial charge in [0.2, 0.25) is 15.9 Å². The summed E-state index contributed by atoms with van der Waals surface area (Å²) < 4.78 is 45.7. The summed E-state index contributed by atoms with van der Waals surface area (Å²) in [6.07, 6.45) is 0. The predicted molar refractivity (Wildman–Crippen MR) is 97.2 cm³/mol. The van der Waals surface area contributed by atoms with E-state index in [2.05, 4.69) is 4.72 Å². The number of rotatable bonds is 8. The molecule has 0 saturated heterocycles. The third kappa shape index (κ3) is 5.27. The smallest absolute Gasteiger partial charge is 0.240 e. The summed E-state index contributed by atoms with van der Waals surface area (Å²) in [5.41, 5.74) is 0.373. The molecule has 0 atom stereocenters. The number of benzene rings is 2. The first-order valence-electron chi connectivity index (χ1n) is 8.09. The van der Waals surface area contributed by atoms with Crippen molar-refractivity contribution in [2.75, 3.05) is 24.6 Å². The normalized spacial score (nSPS) is 11.2. The zero-order valence-corrected chi connectivity index (χ0v) is 15.4. The zero-order valence-electron chi connectivity index (χ0n) is 14.6. The van der Waals surface area contributed by atoms with Gasteiger partial charge in [-0.2, -0.15) is 0 Å². The Morgan fingerprint density at radius 2 is 1.88 bits per heavy atom. The molecule has 0 aromatic heterocycles. The zero-order chi connectivity index (χ0) is 19.2. The summed E-state index contributed by atoms with van der Waals surface area (Å²) in [5.74, 6) is -0.195. The molecule has 0 fully saturated rings. The number of hydrogen-bond acceptors (Lipinski definition) is 4. The molecule has 0 aliphatic carbocycles. The van der Waals surface area contributed by atoms with Crippen LogP contribution in [0.4, 0.5) is 10.1 Å². The van der Waals surface area contributed by atoms with Gasteiger partial charge in [-0.3, -0.25) is 4.79 Å². The lowest BCUT2D eigenvalue weighted by Crippen LogP contribution is -2.37. The van der Waals surface area contributed by atoms with Gasteiger partial charge in [-0.05, 0) is 49.4 Å². The van der Waals surface area contributed by atoms with Crippen molar-refractivity contribution in [3.63, 3.8) is 0 Å². The van der Waals surface area contributed by atoms with E-state index in [1.54, 1.807) is 18.2 Å². The van der Waals surface area contributed by atoms with Gasteiger partial charge in [0, 0.05) is 25.7 Å². The SMILES string of the molecule is CCOc1ccc(S(=O)(=O)NCCN(C(C)=O)c2cccc(F)c2)cc1. The lowest BCUT2D eigenvalue weighted by molar-refractivity contribution is -0.116. The number of anilines is 1. The van der Waals surface area contributed by atoms with Crippen molar-refractivity contribution in [3.05, 3.63) is 54.3 Å².